The molecule has 0 aromatic rings. The van der Waals surface area contributed by atoms with Gasteiger partial charge in [0.2, 0.25) is 0 Å². The predicted molar refractivity (Wildman–Crippen MR) is 35.4 cm³/mol. The molecule has 0 heterocycles. The maximum atomic E-state index is 11.6. The summed E-state index contributed by atoms with van der Waals surface area (Å²) >= 11 is 0. The van der Waals surface area contributed by atoms with Crippen LogP contribution in [0, 0.1) is 0 Å². The second-order valence-electron chi connectivity index (χ2n) is 2.14. The lowest BCUT2D eigenvalue weighted by Crippen LogP contribution is -2.49. The summed E-state index contributed by atoms with van der Waals surface area (Å²) < 4.78 is 34.9. The van der Waals surface area contributed by atoms with Crippen LogP contribution in [0.15, 0.2) is 0 Å². The lowest BCUT2D eigenvalue weighted by Gasteiger charge is -2.14. The Morgan fingerprint density at radius 3 is 2.29 bits per heavy atom. The van der Waals surface area contributed by atoms with E-state index in [1.54, 1.807) is 0 Å². The Kier molecular flexibility index (Phi) is 4.31. The Labute approximate surface area is 75.8 Å². The molecule has 0 fully saturated rings. The summed E-state index contributed by atoms with van der Waals surface area (Å²) in [5.41, 5.74) is 0. The van der Waals surface area contributed by atoms with E-state index in [9.17, 15) is 22.8 Å². The molecule has 0 aliphatic carbocycles. The Hall–Kier alpha value is -1.35. The lowest BCUT2D eigenvalue weighted by atomic mass is 10.3. The van der Waals surface area contributed by atoms with E-state index in [2.05, 4.69) is 10.7 Å². The monoisotopic (exact) mass is 216 g/mol. The zero-order valence-electron chi connectivity index (χ0n) is 6.67. The van der Waals surface area contributed by atoms with Crippen molar-refractivity contribution < 1.29 is 32.7 Å². The van der Waals surface area contributed by atoms with Crippen molar-refractivity contribution >= 4 is 11.9 Å². The van der Waals surface area contributed by atoms with Crippen LogP contribution in [0.1, 0.15) is 0 Å². The number of halogens is 3. The highest BCUT2D eigenvalue weighted by Crippen LogP contribution is 2.14. The van der Waals surface area contributed by atoms with Gasteiger partial charge in [-0.15, -0.1) is 0 Å². The van der Waals surface area contributed by atoms with Crippen molar-refractivity contribution in [2.45, 2.75) is 12.2 Å². The minimum atomic E-state index is -5.14. The molecule has 6 nitrogen and oxygen atoms in total. The van der Waals surface area contributed by atoms with Gasteiger partial charge in [0.05, 0.1) is 6.61 Å². The number of aliphatic hydroxyl groups excluding tert-OH is 1. The summed E-state index contributed by atoms with van der Waals surface area (Å²) in [7, 11) is 0. The average Bonchev–Trinajstić information content (AvgIpc) is 2.10. The minimum absolute atomic E-state index is 1.04. The van der Waals surface area contributed by atoms with E-state index >= 15 is 0 Å². The van der Waals surface area contributed by atoms with Crippen molar-refractivity contribution in [1.29, 1.82) is 0 Å². The maximum absolute atomic E-state index is 11.6. The van der Waals surface area contributed by atoms with Crippen LogP contribution in [0.25, 0.3) is 0 Å². The van der Waals surface area contributed by atoms with Crippen LogP contribution >= 0.6 is 0 Å². The van der Waals surface area contributed by atoms with Gasteiger partial charge in [-0.25, -0.2) is 4.79 Å². The second kappa shape index (κ2) is 4.77. The number of aliphatic hydroxyl groups is 1. The van der Waals surface area contributed by atoms with Crippen LogP contribution in [0.4, 0.5) is 13.2 Å². The van der Waals surface area contributed by atoms with E-state index in [0.29, 0.717) is 0 Å². The number of carbonyl (C=O) groups is 2. The molecule has 1 atom stereocenters. The number of alkyl halides is 3. The Morgan fingerprint density at radius 1 is 1.50 bits per heavy atom. The van der Waals surface area contributed by atoms with Crippen molar-refractivity contribution in [1.82, 2.24) is 5.32 Å². The predicted octanol–water partition coefficient (Wildman–Crippen LogP) is -1.56. The SMILES string of the molecule is NOC(=O)[C@@H](CO)NC(=O)C(F)(F)F. The van der Waals surface area contributed by atoms with Crippen LogP contribution in [0.2, 0.25) is 0 Å². The highest BCUT2D eigenvalue weighted by molar-refractivity contribution is 5.87. The second-order valence-corrected chi connectivity index (χ2v) is 2.14. The van der Waals surface area contributed by atoms with Crippen LogP contribution in [0.5, 0.6) is 0 Å². The Morgan fingerprint density at radius 2 is 2.00 bits per heavy atom. The van der Waals surface area contributed by atoms with Crippen molar-refractivity contribution in [2.75, 3.05) is 6.61 Å². The number of nitrogens with two attached hydrogens (primary N) is 1. The molecule has 0 unspecified atom stereocenters. The molecule has 0 aromatic carbocycles. The largest absolute Gasteiger partial charge is 0.471 e. The molecule has 0 bridgehead atoms. The van der Waals surface area contributed by atoms with Gasteiger partial charge in [-0.1, -0.05) is 0 Å². The quantitative estimate of drug-likeness (QED) is 0.495. The normalized spacial score (nSPS) is 13.2. The topological polar surface area (TPSA) is 102 Å². The molecule has 0 aromatic heterocycles. The van der Waals surface area contributed by atoms with E-state index in [1.807, 2.05) is 0 Å². The first-order valence-electron chi connectivity index (χ1n) is 3.22. The van der Waals surface area contributed by atoms with Crippen molar-refractivity contribution in [3.63, 3.8) is 0 Å². The number of amides is 1. The molecule has 0 saturated heterocycles. The van der Waals surface area contributed by atoms with Gasteiger partial charge in [0, 0.05) is 0 Å². The third-order valence-corrected chi connectivity index (χ3v) is 1.15. The van der Waals surface area contributed by atoms with E-state index < -0.39 is 30.7 Å². The van der Waals surface area contributed by atoms with Crippen LogP contribution < -0.4 is 11.2 Å². The molecule has 1 amide bonds. The maximum Gasteiger partial charge on any atom is 0.471 e. The van der Waals surface area contributed by atoms with E-state index in [1.165, 1.54) is 5.32 Å². The van der Waals surface area contributed by atoms with Crippen molar-refractivity contribution in [3.05, 3.63) is 0 Å². The third-order valence-electron chi connectivity index (χ3n) is 1.15. The van der Waals surface area contributed by atoms with Crippen LogP contribution in [-0.2, 0) is 14.4 Å². The summed E-state index contributed by atoms with van der Waals surface area (Å²) in [6, 6.07) is -1.82. The smallest absolute Gasteiger partial charge is 0.394 e. The molecule has 9 heteroatoms. The highest BCUT2D eigenvalue weighted by atomic mass is 19.4. The number of hydrogen-bond donors (Lipinski definition) is 3. The molecule has 82 valence electrons. The van der Waals surface area contributed by atoms with Gasteiger partial charge in [0.1, 0.15) is 0 Å². The van der Waals surface area contributed by atoms with Gasteiger partial charge in [-0.05, 0) is 0 Å². The van der Waals surface area contributed by atoms with E-state index in [0.717, 1.165) is 0 Å². The van der Waals surface area contributed by atoms with Gasteiger partial charge >= 0.3 is 18.1 Å². The standard InChI is InChI=1S/C5H7F3N2O4/c6-5(7,8)4(13)10-2(1-11)3(12)14-9/h2,11H,1,9H2,(H,10,13)/t2-/m1/s1. The molecule has 0 spiro atoms. The molecule has 0 rings (SSSR count). The summed E-state index contributed by atoms with van der Waals surface area (Å²) in [6.07, 6.45) is -5.14. The fourth-order valence-electron chi connectivity index (χ4n) is 0.501. The van der Waals surface area contributed by atoms with Crippen LogP contribution in [-0.4, -0.2) is 35.8 Å². The molecule has 0 radical (unpaired) electrons. The van der Waals surface area contributed by atoms with E-state index in [-0.39, 0.29) is 0 Å². The van der Waals surface area contributed by atoms with Gasteiger partial charge in [-0.2, -0.15) is 19.1 Å². The molecule has 14 heavy (non-hydrogen) atoms. The van der Waals surface area contributed by atoms with Gasteiger partial charge in [0.25, 0.3) is 0 Å². The first kappa shape index (κ1) is 12.7. The number of carbonyl (C=O) groups excluding carboxylic acids is 2. The number of rotatable bonds is 3. The summed E-state index contributed by atoms with van der Waals surface area (Å²) in [6.45, 7) is -1.04. The Balaban J connectivity index is 4.34. The summed E-state index contributed by atoms with van der Waals surface area (Å²) in [5, 5.41) is 9.59. The number of hydrogen-bond acceptors (Lipinski definition) is 5. The molecule has 0 saturated carbocycles. The van der Waals surface area contributed by atoms with Crippen LogP contribution in [0.3, 0.4) is 0 Å². The molecular weight excluding hydrogens is 209 g/mol. The number of nitrogens with one attached hydrogen (secondary N) is 1. The first-order valence-corrected chi connectivity index (χ1v) is 3.22. The van der Waals surface area contributed by atoms with E-state index in [4.69, 9.17) is 5.11 Å². The highest BCUT2D eigenvalue weighted by Gasteiger charge is 2.40. The zero-order valence-corrected chi connectivity index (χ0v) is 6.67. The lowest BCUT2D eigenvalue weighted by molar-refractivity contribution is -0.176. The molecule has 4 N–H and O–H groups in total. The van der Waals surface area contributed by atoms with Crippen molar-refractivity contribution in [2.24, 2.45) is 5.90 Å². The zero-order chi connectivity index (χ0) is 11.4. The van der Waals surface area contributed by atoms with Gasteiger partial charge < -0.3 is 15.3 Å². The molecule has 0 aliphatic rings. The first-order chi connectivity index (χ1) is 6.32. The summed E-state index contributed by atoms with van der Waals surface area (Å²) in [5.74, 6) is 0.610. The fourth-order valence-corrected chi connectivity index (χ4v) is 0.501. The summed E-state index contributed by atoms with van der Waals surface area (Å²) in [4.78, 5) is 24.3. The average molecular weight is 216 g/mol. The molecular formula is C5H7F3N2O4. The third kappa shape index (κ3) is 3.58. The fraction of sp³-hybridized carbons (Fsp3) is 0.600. The minimum Gasteiger partial charge on any atom is -0.394 e. The molecule has 0 aliphatic heterocycles. The Bertz CT molecular complexity index is 230. The van der Waals surface area contributed by atoms with Crippen molar-refractivity contribution in [3.8, 4) is 0 Å². The van der Waals surface area contributed by atoms with Gasteiger partial charge in [-0.3, -0.25) is 4.79 Å². The van der Waals surface area contributed by atoms with Gasteiger partial charge in [0.15, 0.2) is 6.04 Å².